The molecule has 1 aromatic rings. The van der Waals surface area contributed by atoms with Crippen molar-refractivity contribution in [2.75, 3.05) is 0 Å². The topological polar surface area (TPSA) is 23.8 Å². The van der Waals surface area contributed by atoms with Crippen LogP contribution in [-0.2, 0) is 0 Å². The van der Waals surface area contributed by atoms with Gasteiger partial charge in [0.25, 0.3) is 0 Å². The minimum absolute atomic E-state index is 0. The number of hydrogen-bond donors (Lipinski definition) is 0. The van der Waals surface area contributed by atoms with Crippen molar-refractivity contribution in [3.63, 3.8) is 0 Å². The second-order valence-electron chi connectivity index (χ2n) is 1.59. The Kier molecular flexibility index (Phi) is 4.81. The molecule has 0 fully saturated rings. The number of nitrogens with zero attached hydrogens (tertiary/aromatic N) is 1. The number of nitriles is 1. The summed E-state index contributed by atoms with van der Waals surface area (Å²) >= 11 is 2.14. The van der Waals surface area contributed by atoms with E-state index in [-0.39, 0.29) is 20.3 Å². The molecule has 3 heteroatoms. The van der Waals surface area contributed by atoms with Crippen LogP contribution >= 0.6 is 22.6 Å². The predicted octanol–water partition coefficient (Wildman–Crippen LogP) is -0.721. The number of halogens is 1. The molecule has 0 radical (unpaired) electrons. The van der Waals surface area contributed by atoms with Crippen molar-refractivity contribution in [1.82, 2.24) is 0 Å². The Hall–Kier alpha value is 0.0374. The third kappa shape index (κ3) is 2.34. The zero-order valence-electron chi connectivity index (χ0n) is 6.63. The third-order valence-electron chi connectivity index (χ3n) is 0.994. The zero-order valence-corrected chi connectivity index (χ0v) is 7.79. The van der Waals surface area contributed by atoms with Crippen LogP contribution in [0, 0.1) is 14.9 Å². The van der Waals surface area contributed by atoms with Crippen molar-refractivity contribution in [2.45, 2.75) is 0 Å². The van der Waals surface area contributed by atoms with Crippen LogP contribution in [0.4, 0.5) is 0 Å². The van der Waals surface area contributed by atoms with Gasteiger partial charge in [0, 0.05) is 3.57 Å². The van der Waals surface area contributed by atoms with Crippen LogP contribution in [0.5, 0.6) is 0 Å². The van der Waals surface area contributed by atoms with Crippen molar-refractivity contribution in [1.29, 1.82) is 5.26 Å². The van der Waals surface area contributed by atoms with Gasteiger partial charge in [-0.1, -0.05) is 12.1 Å². The van der Waals surface area contributed by atoms with Crippen molar-refractivity contribution >= 4 is 22.6 Å². The number of benzene rings is 1. The molecule has 0 bridgehead atoms. The Morgan fingerprint density at radius 2 is 2.00 bits per heavy atom. The van der Waals surface area contributed by atoms with Crippen LogP contribution in [-0.4, -0.2) is 0 Å². The number of hydrogen-bond acceptors (Lipinski definition) is 1. The minimum Gasteiger partial charge on any atom is -1.00 e. The maximum absolute atomic E-state index is 8.46. The zero-order chi connectivity index (χ0) is 6.69. The van der Waals surface area contributed by atoms with E-state index in [4.69, 9.17) is 5.26 Å². The third-order valence-corrected chi connectivity index (χ3v) is 1.93. The molecule has 1 nitrogen and oxygen atoms in total. The first-order valence-corrected chi connectivity index (χ1v) is 3.57. The van der Waals surface area contributed by atoms with Gasteiger partial charge < -0.3 is 1.43 Å². The predicted molar refractivity (Wildman–Crippen MR) is 45.0 cm³/mol. The maximum atomic E-state index is 8.46. The standard InChI is InChI=1S/C7H4IN.Li.H/c8-7-4-2-1-3-6(7)5-9;;/h1-4H;;/q;+1;-1. The van der Waals surface area contributed by atoms with Crippen molar-refractivity contribution < 1.29 is 20.3 Å². The van der Waals surface area contributed by atoms with Crippen molar-refractivity contribution in [2.24, 2.45) is 0 Å². The average molecular weight is 237 g/mol. The maximum Gasteiger partial charge on any atom is 1.00 e. The van der Waals surface area contributed by atoms with E-state index in [1.807, 2.05) is 24.3 Å². The first-order valence-electron chi connectivity index (χ1n) is 2.49. The van der Waals surface area contributed by atoms with Crippen molar-refractivity contribution in [3.8, 4) is 6.07 Å². The fourth-order valence-corrected chi connectivity index (χ4v) is 1.06. The monoisotopic (exact) mass is 237 g/mol. The average Bonchev–Trinajstić information content (AvgIpc) is 1.89. The molecule has 0 aliphatic heterocycles. The molecular weight excluding hydrogens is 232 g/mol. The molecule has 46 valence electrons. The molecule has 0 heterocycles. The Morgan fingerprint density at radius 1 is 1.40 bits per heavy atom. The van der Waals surface area contributed by atoms with E-state index in [0.29, 0.717) is 0 Å². The molecular formula is C7H5ILiN. The van der Waals surface area contributed by atoms with E-state index in [1.54, 1.807) is 0 Å². The van der Waals surface area contributed by atoms with Gasteiger partial charge >= 0.3 is 18.9 Å². The Labute approximate surface area is 87.2 Å². The molecule has 1 aromatic carbocycles. The van der Waals surface area contributed by atoms with Gasteiger partial charge in [-0.15, -0.1) is 0 Å². The van der Waals surface area contributed by atoms with Crippen LogP contribution < -0.4 is 18.9 Å². The summed E-state index contributed by atoms with van der Waals surface area (Å²) in [5, 5.41) is 8.46. The van der Waals surface area contributed by atoms with Gasteiger partial charge in [-0.2, -0.15) is 5.26 Å². The first-order chi connectivity index (χ1) is 4.34. The molecule has 0 aliphatic carbocycles. The van der Waals surface area contributed by atoms with E-state index in [2.05, 4.69) is 28.7 Å². The van der Waals surface area contributed by atoms with E-state index in [1.165, 1.54) is 0 Å². The Balaban J connectivity index is 0. The van der Waals surface area contributed by atoms with Gasteiger partial charge in [0.05, 0.1) is 5.56 Å². The van der Waals surface area contributed by atoms with Gasteiger partial charge in [-0.3, -0.25) is 0 Å². The molecule has 0 saturated carbocycles. The second kappa shape index (κ2) is 4.79. The molecule has 0 atom stereocenters. The van der Waals surface area contributed by atoms with Crippen molar-refractivity contribution in [3.05, 3.63) is 33.4 Å². The smallest absolute Gasteiger partial charge is 1.00 e. The summed E-state index contributed by atoms with van der Waals surface area (Å²) in [6.45, 7) is 0. The summed E-state index contributed by atoms with van der Waals surface area (Å²) in [6, 6.07) is 9.59. The summed E-state index contributed by atoms with van der Waals surface area (Å²) < 4.78 is 1.01. The van der Waals surface area contributed by atoms with E-state index in [0.717, 1.165) is 9.13 Å². The normalized spacial score (nSPS) is 7.60. The Morgan fingerprint density at radius 3 is 2.40 bits per heavy atom. The van der Waals surface area contributed by atoms with Gasteiger partial charge in [0.2, 0.25) is 0 Å². The van der Waals surface area contributed by atoms with Crippen LogP contribution in [0.15, 0.2) is 24.3 Å². The van der Waals surface area contributed by atoms with Crippen LogP contribution in [0.1, 0.15) is 6.99 Å². The van der Waals surface area contributed by atoms with Gasteiger partial charge in [-0.05, 0) is 34.7 Å². The Bertz CT molecular complexity index is 259. The molecule has 0 spiro atoms. The fourth-order valence-electron chi connectivity index (χ4n) is 0.552. The minimum atomic E-state index is 0. The van der Waals surface area contributed by atoms with Gasteiger partial charge in [0.15, 0.2) is 0 Å². The van der Waals surface area contributed by atoms with E-state index >= 15 is 0 Å². The van der Waals surface area contributed by atoms with Gasteiger partial charge in [-0.25, -0.2) is 0 Å². The quantitative estimate of drug-likeness (QED) is 0.431. The van der Waals surface area contributed by atoms with Crippen LogP contribution in [0.3, 0.4) is 0 Å². The summed E-state index contributed by atoms with van der Waals surface area (Å²) in [6.07, 6.45) is 0. The second-order valence-corrected chi connectivity index (χ2v) is 2.75. The molecule has 0 saturated heterocycles. The largest absolute Gasteiger partial charge is 1.00 e. The summed E-state index contributed by atoms with van der Waals surface area (Å²) in [5.41, 5.74) is 0.748. The molecule has 0 amide bonds. The van der Waals surface area contributed by atoms with Crippen LogP contribution in [0.2, 0.25) is 0 Å². The molecule has 0 N–H and O–H groups in total. The summed E-state index contributed by atoms with van der Waals surface area (Å²) in [5.74, 6) is 0. The van der Waals surface area contributed by atoms with E-state index in [9.17, 15) is 0 Å². The van der Waals surface area contributed by atoms with E-state index < -0.39 is 0 Å². The fraction of sp³-hybridized carbons (Fsp3) is 0. The van der Waals surface area contributed by atoms with Crippen LogP contribution in [0.25, 0.3) is 0 Å². The molecule has 0 aromatic heterocycles. The first kappa shape index (κ1) is 10.0. The number of rotatable bonds is 0. The molecule has 10 heavy (non-hydrogen) atoms. The molecule has 0 aliphatic rings. The molecule has 0 unspecified atom stereocenters. The molecule has 1 rings (SSSR count). The summed E-state index contributed by atoms with van der Waals surface area (Å²) in [4.78, 5) is 0. The summed E-state index contributed by atoms with van der Waals surface area (Å²) in [7, 11) is 0. The SMILES string of the molecule is N#Cc1ccccc1I.[H-].[Li+]. The van der Waals surface area contributed by atoms with Gasteiger partial charge in [0.1, 0.15) is 6.07 Å².